The van der Waals surface area contributed by atoms with Crippen LogP contribution in [0, 0.1) is 6.92 Å². The first kappa shape index (κ1) is 26.7. The lowest BCUT2D eigenvalue weighted by atomic mass is 9.86. The van der Waals surface area contributed by atoms with E-state index >= 15 is 0 Å². The van der Waals surface area contributed by atoms with Gasteiger partial charge in [-0.05, 0) is 63.4 Å². The summed E-state index contributed by atoms with van der Waals surface area (Å²) in [5.74, 6) is 0. The molecule has 8 aromatic rings. The summed E-state index contributed by atoms with van der Waals surface area (Å²) in [4.78, 5) is 5.53. The summed E-state index contributed by atoms with van der Waals surface area (Å²) in [7, 11) is 0. The maximum Gasteiger partial charge on any atom is 0.140 e. The summed E-state index contributed by atoms with van der Waals surface area (Å²) < 4.78 is 6.82. The molecule has 0 spiro atoms. The second kappa shape index (κ2) is 10.7. The van der Waals surface area contributed by atoms with Gasteiger partial charge in [0.15, 0.2) is 0 Å². The van der Waals surface area contributed by atoms with Crippen LogP contribution in [0.5, 0.6) is 0 Å². The predicted molar refractivity (Wildman–Crippen MR) is 191 cm³/mol. The van der Waals surface area contributed by atoms with Gasteiger partial charge < -0.3 is 4.42 Å². The molecular weight excluding hydrogens is 558 g/mol. The lowest BCUT2D eigenvalue weighted by molar-refractivity contribution is 0.664. The van der Waals surface area contributed by atoms with Gasteiger partial charge in [0.05, 0.1) is 5.36 Å². The van der Waals surface area contributed by atoms with Gasteiger partial charge in [0.2, 0.25) is 0 Å². The van der Waals surface area contributed by atoms with Crippen molar-refractivity contribution in [3.8, 4) is 11.1 Å². The first-order valence-corrected chi connectivity index (χ1v) is 16.0. The van der Waals surface area contributed by atoms with Gasteiger partial charge >= 0.3 is 0 Å². The molecule has 0 saturated carbocycles. The van der Waals surface area contributed by atoms with Crippen LogP contribution in [0.4, 0.5) is 0 Å². The number of allylic oxidation sites excluding steroid dienone is 2. The van der Waals surface area contributed by atoms with E-state index in [9.17, 15) is 0 Å². The lowest BCUT2D eigenvalue weighted by Gasteiger charge is -2.17. The Morgan fingerprint density at radius 1 is 0.630 bits per heavy atom. The highest BCUT2D eigenvalue weighted by Crippen LogP contribution is 2.45. The van der Waals surface area contributed by atoms with Crippen LogP contribution in [0.25, 0.3) is 60.2 Å². The Morgan fingerprint density at radius 3 is 2.17 bits per heavy atom. The zero-order valence-electron chi connectivity index (χ0n) is 25.6. The molecule has 1 aliphatic heterocycles. The molecule has 1 aliphatic rings. The molecule has 0 aliphatic carbocycles. The highest BCUT2D eigenvalue weighted by molar-refractivity contribution is 6.23. The third-order valence-electron chi connectivity index (χ3n) is 9.55. The van der Waals surface area contributed by atoms with Gasteiger partial charge in [0.1, 0.15) is 11.2 Å². The SMILES string of the molecule is Cc1ccccc1-c1c(CC2=CCC(c3ccccc3)=c3ccc4ccccc4c3=N2)c2oc3ccccc3c2c2ccccc12. The largest absolute Gasteiger partial charge is 0.456 e. The third-order valence-corrected chi connectivity index (χ3v) is 9.55. The summed E-state index contributed by atoms with van der Waals surface area (Å²) in [6.45, 7) is 2.20. The number of hydrogen-bond acceptors (Lipinski definition) is 2. The Hall–Kier alpha value is -5.73. The van der Waals surface area contributed by atoms with Gasteiger partial charge in [-0.1, -0.05) is 140 Å². The van der Waals surface area contributed by atoms with Crippen molar-refractivity contribution in [1.82, 2.24) is 0 Å². The number of nitrogens with zero attached hydrogens (tertiary/aromatic N) is 1. The quantitative estimate of drug-likeness (QED) is 0.201. The second-order valence-electron chi connectivity index (χ2n) is 12.2. The summed E-state index contributed by atoms with van der Waals surface area (Å²) in [6, 6.07) is 49.8. The molecule has 2 nitrogen and oxygen atoms in total. The number of benzene rings is 7. The van der Waals surface area contributed by atoms with Crippen LogP contribution in [-0.2, 0) is 6.42 Å². The zero-order chi connectivity index (χ0) is 30.6. The van der Waals surface area contributed by atoms with Crippen molar-refractivity contribution in [3.63, 3.8) is 0 Å². The Morgan fingerprint density at radius 2 is 1.33 bits per heavy atom. The van der Waals surface area contributed by atoms with Crippen molar-refractivity contribution in [2.45, 2.75) is 19.8 Å². The molecule has 2 heterocycles. The molecule has 0 saturated heterocycles. The average Bonchev–Trinajstić information content (AvgIpc) is 3.39. The maximum atomic E-state index is 6.82. The number of aryl methyl sites for hydroxylation is 1. The van der Waals surface area contributed by atoms with E-state index in [1.165, 1.54) is 65.5 Å². The fourth-order valence-electron chi connectivity index (χ4n) is 7.39. The molecule has 9 rings (SSSR count). The minimum Gasteiger partial charge on any atom is -0.456 e. The number of furan rings is 1. The topological polar surface area (TPSA) is 25.5 Å². The molecule has 7 aromatic carbocycles. The molecule has 1 aromatic heterocycles. The fraction of sp³-hybridized carbons (Fsp3) is 0.0682. The van der Waals surface area contributed by atoms with E-state index < -0.39 is 0 Å². The average molecular weight is 590 g/mol. The summed E-state index contributed by atoms with van der Waals surface area (Å²) in [5.41, 5.74) is 10.3. The van der Waals surface area contributed by atoms with Crippen LogP contribution < -0.4 is 10.6 Å². The predicted octanol–water partition coefficient (Wildman–Crippen LogP) is 10.2. The highest BCUT2D eigenvalue weighted by Gasteiger charge is 2.23. The van der Waals surface area contributed by atoms with Crippen molar-refractivity contribution in [2.24, 2.45) is 4.99 Å². The van der Waals surface area contributed by atoms with Crippen molar-refractivity contribution in [3.05, 3.63) is 179 Å². The third kappa shape index (κ3) is 4.22. The first-order chi connectivity index (χ1) is 22.7. The van der Waals surface area contributed by atoms with Crippen molar-refractivity contribution in [1.29, 1.82) is 0 Å². The smallest absolute Gasteiger partial charge is 0.140 e. The molecule has 0 unspecified atom stereocenters. The van der Waals surface area contributed by atoms with E-state index in [0.717, 1.165) is 34.0 Å². The van der Waals surface area contributed by atoms with Crippen LogP contribution >= 0.6 is 0 Å². The van der Waals surface area contributed by atoms with Crippen LogP contribution in [0.3, 0.4) is 0 Å². The molecule has 218 valence electrons. The van der Waals surface area contributed by atoms with E-state index in [1.54, 1.807) is 0 Å². The Kier molecular flexibility index (Phi) is 6.21. The monoisotopic (exact) mass is 589 g/mol. The van der Waals surface area contributed by atoms with Crippen LogP contribution in [0.1, 0.15) is 23.1 Å². The normalized spacial score (nSPS) is 13.2. The van der Waals surface area contributed by atoms with E-state index in [4.69, 9.17) is 9.41 Å². The van der Waals surface area contributed by atoms with E-state index in [2.05, 4.69) is 153 Å². The van der Waals surface area contributed by atoms with Gasteiger partial charge in [-0.15, -0.1) is 0 Å². The van der Waals surface area contributed by atoms with Gasteiger partial charge in [-0.25, -0.2) is 0 Å². The van der Waals surface area contributed by atoms with Gasteiger partial charge in [-0.3, -0.25) is 4.99 Å². The summed E-state index contributed by atoms with van der Waals surface area (Å²) >= 11 is 0. The second-order valence-corrected chi connectivity index (χ2v) is 12.2. The summed E-state index contributed by atoms with van der Waals surface area (Å²) in [5, 5.41) is 9.39. The molecule has 0 bridgehead atoms. The Balaban J connectivity index is 1.36. The molecule has 0 atom stereocenters. The summed E-state index contributed by atoms with van der Waals surface area (Å²) in [6.07, 6.45) is 3.78. The van der Waals surface area contributed by atoms with Gasteiger partial charge in [0.25, 0.3) is 0 Å². The minimum absolute atomic E-state index is 0.648. The van der Waals surface area contributed by atoms with Gasteiger partial charge in [-0.2, -0.15) is 0 Å². The van der Waals surface area contributed by atoms with Crippen molar-refractivity contribution >= 4 is 49.1 Å². The van der Waals surface area contributed by atoms with Crippen molar-refractivity contribution in [2.75, 3.05) is 0 Å². The van der Waals surface area contributed by atoms with E-state index in [0.29, 0.717) is 6.42 Å². The van der Waals surface area contributed by atoms with Crippen LogP contribution in [0.15, 0.2) is 161 Å². The molecule has 46 heavy (non-hydrogen) atoms. The number of hydrogen-bond donors (Lipinski definition) is 0. The van der Waals surface area contributed by atoms with Gasteiger partial charge in [0, 0.05) is 39.1 Å². The van der Waals surface area contributed by atoms with Crippen molar-refractivity contribution < 1.29 is 4.42 Å². The standard InChI is InChI=1S/C44H31NO/c1-28-13-5-7-17-32(28)41-35-19-9-10-20-36(35)42-38-21-11-12-22-40(38)46-44(42)39(41)27-31-24-26-33(29-14-3-2-4-15-29)37-25-23-30-16-6-8-18-34(30)43(37)45-31/h2-25H,26-27H2,1H3. The maximum absolute atomic E-state index is 6.82. The molecule has 2 heteroatoms. The molecule has 0 amide bonds. The first-order valence-electron chi connectivity index (χ1n) is 16.0. The zero-order valence-corrected chi connectivity index (χ0v) is 25.6. The van der Waals surface area contributed by atoms with Crippen LogP contribution in [0.2, 0.25) is 0 Å². The molecule has 0 N–H and O–H groups in total. The number of rotatable bonds is 4. The van der Waals surface area contributed by atoms with E-state index in [-0.39, 0.29) is 0 Å². The van der Waals surface area contributed by atoms with E-state index in [1.807, 2.05) is 0 Å². The van der Waals surface area contributed by atoms with Crippen LogP contribution in [-0.4, -0.2) is 0 Å². The molecule has 0 radical (unpaired) electrons. The highest BCUT2D eigenvalue weighted by atomic mass is 16.3. The number of para-hydroxylation sites is 1. The minimum atomic E-state index is 0.648. The fourth-order valence-corrected chi connectivity index (χ4v) is 7.39. The Labute approximate surface area is 267 Å². The lowest BCUT2D eigenvalue weighted by Crippen LogP contribution is -2.28. The Bertz CT molecular complexity index is 2640. The number of fused-ring (bicyclic) bond motifs is 8. The molecular formula is C44H31NO. The molecule has 0 fully saturated rings.